The fourth-order valence-electron chi connectivity index (χ4n) is 1.40. The summed E-state index contributed by atoms with van der Waals surface area (Å²) in [7, 11) is 0. The van der Waals surface area contributed by atoms with Crippen LogP contribution in [-0.4, -0.2) is 13.3 Å². The molecule has 0 aliphatic carbocycles. The summed E-state index contributed by atoms with van der Waals surface area (Å²) >= 11 is 0. The number of hydrogen-bond acceptors (Lipinski definition) is 2. The molecule has 90 valence electrons. The first-order valence-corrected chi connectivity index (χ1v) is 6.05. The van der Waals surface area contributed by atoms with Crippen LogP contribution in [0.25, 0.3) is 0 Å². The van der Waals surface area contributed by atoms with E-state index in [1.54, 1.807) is 0 Å². The standard InChI is InChI=1S/C13H27NO/c1-5-13(3,4)10-8-7-9-11-14-12-15-6-2/h6,14H,2,5,7-12H2,1,3-4H3. The Bertz CT molecular complexity index is 155. The van der Waals surface area contributed by atoms with Crippen molar-refractivity contribution >= 4 is 0 Å². The second kappa shape index (κ2) is 8.78. The van der Waals surface area contributed by atoms with Crippen LogP contribution in [0.5, 0.6) is 0 Å². The number of ether oxygens (including phenoxy) is 1. The van der Waals surface area contributed by atoms with Crippen LogP contribution < -0.4 is 5.32 Å². The van der Waals surface area contributed by atoms with Gasteiger partial charge in [0.1, 0.15) is 6.73 Å². The first kappa shape index (κ1) is 14.5. The first-order valence-electron chi connectivity index (χ1n) is 6.05. The Balaban J connectivity index is 3.14. The third kappa shape index (κ3) is 9.80. The number of unbranched alkanes of at least 4 members (excludes halogenated alkanes) is 2. The van der Waals surface area contributed by atoms with Gasteiger partial charge in [0.05, 0.1) is 6.26 Å². The van der Waals surface area contributed by atoms with Gasteiger partial charge in [0.15, 0.2) is 0 Å². The Labute approximate surface area is 95.1 Å². The summed E-state index contributed by atoms with van der Waals surface area (Å²) in [5.74, 6) is 0. The van der Waals surface area contributed by atoms with Gasteiger partial charge >= 0.3 is 0 Å². The molecule has 2 nitrogen and oxygen atoms in total. The molecule has 0 spiro atoms. The third-order valence-electron chi connectivity index (χ3n) is 2.97. The number of rotatable bonds is 10. The summed E-state index contributed by atoms with van der Waals surface area (Å²) in [5.41, 5.74) is 0.527. The lowest BCUT2D eigenvalue weighted by Crippen LogP contribution is -2.17. The highest BCUT2D eigenvalue weighted by Crippen LogP contribution is 2.26. The van der Waals surface area contributed by atoms with E-state index in [0.717, 1.165) is 6.54 Å². The van der Waals surface area contributed by atoms with E-state index in [4.69, 9.17) is 4.74 Å². The zero-order valence-electron chi connectivity index (χ0n) is 10.6. The molecule has 0 rings (SSSR count). The Morgan fingerprint density at radius 1 is 1.27 bits per heavy atom. The van der Waals surface area contributed by atoms with E-state index in [-0.39, 0.29) is 0 Å². The minimum atomic E-state index is 0.527. The van der Waals surface area contributed by atoms with E-state index in [9.17, 15) is 0 Å². The van der Waals surface area contributed by atoms with E-state index in [2.05, 4.69) is 32.7 Å². The van der Waals surface area contributed by atoms with Gasteiger partial charge in [-0.25, -0.2) is 0 Å². The van der Waals surface area contributed by atoms with Crippen LogP contribution in [0.2, 0.25) is 0 Å². The molecule has 0 saturated heterocycles. The van der Waals surface area contributed by atoms with Crippen molar-refractivity contribution in [3.63, 3.8) is 0 Å². The predicted molar refractivity (Wildman–Crippen MR) is 66.7 cm³/mol. The maximum atomic E-state index is 4.96. The second-order valence-electron chi connectivity index (χ2n) is 4.81. The van der Waals surface area contributed by atoms with E-state index in [0.29, 0.717) is 12.1 Å². The van der Waals surface area contributed by atoms with Crippen molar-refractivity contribution in [2.75, 3.05) is 13.3 Å². The summed E-state index contributed by atoms with van der Waals surface area (Å²) in [4.78, 5) is 0. The molecule has 0 atom stereocenters. The van der Waals surface area contributed by atoms with Gasteiger partial charge in [0.25, 0.3) is 0 Å². The molecule has 0 heterocycles. The SMILES string of the molecule is C=COCNCCCCCC(C)(C)CC. The van der Waals surface area contributed by atoms with Crippen LogP contribution in [0, 0.1) is 5.41 Å². The summed E-state index contributed by atoms with van der Waals surface area (Å²) in [6.07, 6.45) is 7.97. The van der Waals surface area contributed by atoms with Crippen LogP contribution >= 0.6 is 0 Å². The molecule has 0 aliphatic heterocycles. The van der Waals surface area contributed by atoms with Gasteiger partial charge < -0.3 is 4.74 Å². The second-order valence-corrected chi connectivity index (χ2v) is 4.81. The molecule has 0 unspecified atom stereocenters. The minimum Gasteiger partial charge on any atom is -0.487 e. The molecule has 0 aromatic rings. The average Bonchev–Trinajstić information content (AvgIpc) is 2.22. The highest BCUT2D eigenvalue weighted by molar-refractivity contribution is 4.65. The van der Waals surface area contributed by atoms with Crippen LogP contribution in [0.15, 0.2) is 12.8 Å². The molecule has 2 heteroatoms. The smallest absolute Gasteiger partial charge is 0.138 e. The van der Waals surface area contributed by atoms with Crippen molar-refractivity contribution in [3.8, 4) is 0 Å². The summed E-state index contributed by atoms with van der Waals surface area (Å²) < 4.78 is 4.96. The lowest BCUT2D eigenvalue weighted by Gasteiger charge is -2.22. The van der Waals surface area contributed by atoms with Crippen molar-refractivity contribution in [1.82, 2.24) is 5.32 Å². The molecule has 0 radical (unpaired) electrons. The average molecular weight is 213 g/mol. The van der Waals surface area contributed by atoms with E-state index >= 15 is 0 Å². The molecule has 15 heavy (non-hydrogen) atoms. The molecule has 0 bridgehead atoms. The third-order valence-corrected chi connectivity index (χ3v) is 2.97. The Morgan fingerprint density at radius 2 is 2.00 bits per heavy atom. The van der Waals surface area contributed by atoms with Gasteiger partial charge in [-0.3, -0.25) is 5.32 Å². The molecular weight excluding hydrogens is 186 g/mol. The van der Waals surface area contributed by atoms with Crippen molar-refractivity contribution in [2.24, 2.45) is 5.41 Å². The van der Waals surface area contributed by atoms with Crippen LogP contribution in [0.3, 0.4) is 0 Å². The zero-order valence-corrected chi connectivity index (χ0v) is 10.6. The van der Waals surface area contributed by atoms with Gasteiger partial charge in [-0.1, -0.05) is 46.6 Å². The normalized spacial score (nSPS) is 11.4. The molecule has 1 N–H and O–H groups in total. The van der Waals surface area contributed by atoms with Crippen LogP contribution in [0.1, 0.15) is 52.9 Å². The first-order chi connectivity index (χ1) is 7.12. The summed E-state index contributed by atoms with van der Waals surface area (Å²) in [5, 5.41) is 3.20. The van der Waals surface area contributed by atoms with Crippen molar-refractivity contribution in [3.05, 3.63) is 12.8 Å². The summed E-state index contributed by atoms with van der Waals surface area (Å²) in [6, 6.07) is 0. The fraction of sp³-hybridized carbons (Fsp3) is 0.846. The number of nitrogens with one attached hydrogen (secondary N) is 1. The monoisotopic (exact) mass is 213 g/mol. The van der Waals surface area contributed by atoms with Crippen molar-refractivity contribution in [2.45, 2.75) is 52.9 Å². The highest BCUT2D eigenvalue weighted by Gasteiger charge is 2.13. The van der Waals surface area contributed by atoms with Gasteiger partial charge in [0, 0.05) is 0 Å². The number of hydrogen-bond donors (Lipinski definition) is 1. The van der Waals surface area contributed by atoms with Gasteiger partial charge in [-0.05, 0) is 24.8 Å². The van der Waals surface area contributed by atoms with Crippen molar-refractivity contribution < 1.29 is 4.74 Å². The lowest BCUT2D eigenvalue weighted by molar-refractivity contribution is 0.222. The predicted octanol–water partition coefficient (Wildman–Crippen LogP) is 3.69. The molecule has 0 aliphatic rings. The maximum Gasteiger partial charge on any atom is 0.138 e. The van der Waals surface area contributed by atoms with Crippen LogP contribution in [-0.2, 0) is 4.74 Å². The lowest BCUT2D eigenvalue weighted by atomic mass is 9.84. The van der Waals surface area contributed by atoms with Crippen LogP contribution in [0.4, 0.5) is 0 Å². The maximum absolute atomic E-state index is 4.96. The molecule has 0 aromatic carbocycles. The zero-order chi connectivity index (χ0) is 11.6. The molecule has 0 saturated carbocycles. The molecule has 0 fully saturated rings. The highest BCUT2D eigenvalue weighted by atomic mass is 16.5. The van der Waals surface area contributed by atoms with E-state index < -0.39 is 0 Å². The topological polar surface area (TPSA) is 21.3 Å². The Morgan fingerprint density at radius 3 is 2.60 bits per heavy atom. The molecule has 0 aromatic heterocycles. The Kier molecular flexibility index (Phi) is 8.49. The van der Waals surface area contributed by atoms with Gasteiger partial charge in [-0.15, -0.1) is 0 Å². The molecule has 0 amide bonds. The van der Waals surface area contributed by atoms with Crippen molar-refractivity contribution in [1.29, 1.82) is 0 Å². The quantitative estimate of drug-likeness (QED) is 0.339. The Hall–Kier alpha value is -0.500. The summed E-state index contributed by atoms with van der Waals surface area (Å²) in [6.45, 7) is 12.1. The van der Waals surface area contributed by atoms with E-state index in [1.807, 2.05) is 0 Å². The minimum absolute atomic E-state index is 0.527. The van der Waals surface area contributed by atoms with E-state index in [1.165, 1.54) is 38.4 Å². The molecular formula is C13H27NO. The van der Waals surface area contributed by atoms with Gasteiger partial charge in [0.2, 0.25) is 0 Å². The van der Waals surface area contributed by atoms with Gasteiger partial charge in [-0.2, -0.15) is 0 Å². The fourth-order valence-corrected chi connectivity index (χ4v) is 1.40. The largest absolute Gasteiger partial charge is 0.487 e.